The second kappa shape index (κ2) is 9.30. The smallest absolute Gasteiger partial charge is 0.312 e. The van der Waals surface area contributed by atoms with Crippen LogP contribution in [0.15, 0.2) is 30.3 Å². The maximum Gasteiger partial charge on any atom is 0.312 e. The van der Waals surface area contributed by atoms with Gasteiger partial charge in [0.15, 0.2) is 0 Å². The minimum atomic E-state index is -0.918. The summed E-state index contributed by atoms with van der Waals surface area (Å²) in [6.45, 7) is 1.79. The number of aliphatic carboxylic acids is 1. The van der Waals surface area contributed by atoms with Crippen LogP contribution in [0.2, 0.25) is 0 Å². The van der Waals surface area contributed by atoms with Crippen LogP contribution < -0.4 is 5.32 Å². The van der Waals surface area contributed by atoms with Crippen molar-refractivity contribution in [1.29, 1.82) is 0 Å². The summed E-state index contributed by atoms with van der Waals surface area (Å²) >= 11 is 0. The zero-order valence-electron chi connectivity index (χ0n) is 13.4. The quantitative estimate of drug-likeness (QED) is 0.772. The van der Waals surface area contributed by atoms with Crippen LogP contribution in [0, 0.1) is 5.92 Å². The number of carboxylic acid groups (broad SMARTS) is 1. The van der Waals surface area contributed by atoms with Crippen molar-refractivity contribution >= 4 is 11.9 Å². The van der Waals surface area contributed by atoms with E-state index in [1.807, 2.05) is 6.07 Å². The van der Waals surface area contributed by atoms with Crippen LogP contribution >= 0.6 is 0 Å². The van der Waals surface area contributed by atoms with Crippen molar-refractivity contribution in [2.45, 2.75) is 38.0 Å². The number of carbonyl (C=O) groups excluding carboxylic acids is 1. The second-order valence-electron chi connectivity index (χ2n) is 6.05. The van der Waals surface area contributed by atoms with E-state index in [0.717, 1.165) is 38.9 Å². The third-order valence-electron chi connectivity index (χ3n) is 4.36. The van der Waals surface area contributed by atoms with Gasteiger partial charge in [-0.15, -0.1) is 0 Å². The van der Waals surface area contributed by atoms with E-state index in [1.54, 1.807) is 24.3 Å². The van der Waals surface area contributed by atoms with Gasteiger partial charge in [-0.25, -0.2) is 0 Å². The minimum absolute atomic E-state index is 0.0701. The summed E-state index contributed by atoms with van der Waals surface area (Å²) in [6, 6.07) is 9.01. The normalized spacial score (nSPS) is 16.7. The molecule has 2 N–H and O–H groups in total. The molecule has 0 bridgehead atoms. The van der Waals surface area contributed by atoms with Crippen LogP contribution in [0.4, 0.5) is 0 Å². The lowest BCUT2D eigenvalue weighted by molar-refractivity contribution is -0.138. The predicted octanol–water partition coefficient (Wildman–Crippen LogP) is 2.57. The fourth-order valence-corrected chi connectivity index (χ4v) is 2.92. The molecule has 1 heterocycles. The van der Waals surface area contributed by atoms with E-state index in [4.69, 9.17) is 4.74 Å². The van der Waals surface area contributed by atoms with Crippen molar-refractivity contribution in [2.75, 3.05) is 19.8 Å². The fraction of sp³-hybridized carbons (Fsp3) is 0.556. The van der Waals surface area contributed by atoms with Crippen LogP contribution in [0.3, 0.4) is 0 Å². The molecule has 0 aromatic heterocycles. The van der Waals surface area contributed by atoms with Crippen LogP contribution in [0.1, 0.15) is 43.6 Å². The molecule has 5 nitrogen and oxygen atoms in total. The van der Waals surface area contributed by atoms with E-state index in [9.17, 15) is 14.7 Å². The van der Waals surface area contributed by atoms with Crippen LogP contribution in [-0.4, -0.2) is 36.7 Å². The van der Waals surface area contributed by atoms with Gasteiger partial charge in [0.05, 0.1) is 5.92 Å². The molecule has 2 rings (SSSR count). The minimum Gasteiger partial charge on any atom is -0.481 e. The number of nitrogens with one attached hydrogen (secondary N) is 1. The average molecular weight is 319 g/mol. The van der Waals surface area contributed by atoms with E-state index in [-0.39, 0.29) is 12.5 Å². The van der Waals surface area contributed by atoms with E-state index in [0.29, 0.717) is 17.9 Å². The Labute approximate surface area is 137 Å². The molecule has 1 fully saturated rings. The first kappa shape index (κ1) is 17.5. The first-order valence-corrected chi connectivity index (χ1v) is 8.29. The fourth-order valence-electron chi connectivity index (χ4n) is 2.92. The molecule has 1 aliphatic heterocycles. The Balaban J connectivity index is 1.70. The summed E-state index contributed by atoms with van der Waals surface area (Å²) in [5.74, 6) is -1.03. The molecular formula is C18H25NO4. The molecular weight excluding hydrogens is 294 g/mol. The first-order valence-electron chi connectivity index (χ1n) is 8.29. The Morgan fingerprint density at radius 3 is 2.57 bits per heavy atom. The number of hydrogen-bond acceptors (Lipinski definition) is 3. The monoisotopic (exact) mass is 319 g/mol. The molecule has 126 valence electrons. The predicted molar refractivity (Wildman–Crippen MR) is 87.2 cm³/mol. The van der Waals surface area contributed by atoms with Crippen LogP contribution in [-0.2, 0) is 14.3 Å². The standard InChI is InChI=1S/C18H25NO4/c20-17(8-4-5-14-9-11-23-12-10-14)19-13-16(18(21)22)15-6-2-1-3-7-15/h1-3,6-7,14,16H,4-5,8-13H2,(H,19,20)(H,21,22). The Morgan fingerprint density at radius 2 is 1.91 bits per heavy atom. The van der Waals surface area contributed by atoms with E-state index >= 15 is 0 Å². The highest BCUT2D eigenvalue weighted by Crippen LogP contribution is 2.20. The number of rotatable bonds is 8. The molecule has 23 heavy (non-hydrogen) atoms. The summed E-state index contributed by atoms with van der Waals surface area (Å²) in [7, 11) is 0. The van der Waals surface area contributed by atoms with Gasteiger partial charge >= 0.3 is 5.97 Å². The van der Waals surface area contributed by atoms with Gasteiger partial charge in [0.25, 0.3) is 0 Å². The van der Waals surface area contributed by atoms with E-state index < -0.39 is 11.9 Å². The van der Waals surface area contributed by atoms with Crippen LogP contribution in [0.5, 0.6) is 0 Å². The maximum absolute atomic E-state index is 11.9. The van der Waals surface area contributed by atoms with E-state index in [2.05, 4.69) is 5.32 Å². The molecule has 1 aromatic rings. The van der Waals surface area contributed by atoms with Crippen molar-refractivity contribution in [3.63, 3.8) is 0 Å². The molecule has 1 aliphatic rings. The van der Waals surface area contributed by atoms with Crippen molar-refractivity contribution in [2.24, 2.45) is 5.92 Å². The topological polar surface area (TPSA) is 75.6 Å². The number of carbonyl (C=O) groups is 2. The van der Waals surface area contributed by atoms with Gasteiger partial charge in [-0.3, -0.25) is 9.59 Å². The third kappa shape index (κ3) is 6.02. The Bertz CT molecular complexity index is 497. The third-order valence-corrected chi connectivity index (χ3v) is 4.36. The lowest BCUT2D eigenvalue weighted by Gasteiger charge is -2.21. The summed E-state index contributed by atoms with van der Waals surface area (Å²) in [5, 5.41) is 12.1. The number of amides is 1. The largest absolute Gasteiger partial charge is 0.481 e. The highest BCUT2D eigenvalue weighted by molar-refractivity contribution is 5.79. The molecule has 5 heteroatoms. The van der Waals surface area contributed by atoms with Gasteiger partial charge in [0.1, 0.15) is 0 Å². The highest BCUT2D eigenvalue weighted by atomic mass is 16.5. The molecule has 1 amide bonds. The van der Waals surface area contributed by atoms with Crippen molar-refractivity contribution in [1.82, 2.24) is 5.32 Å². The zero-order chi connectivity index (χ0) is 16.5. The number of hydrogen-bond donors (Lipinski definition) is 2. The first-order chi connectivity index (χ1) is 11.2. The number of benzene rings is 1. The summed E-state index contributed by atoms with van der Waals surface area (Å²) in [5.41, 5.74) is 0.711. The van der Waals surface area contributed by atoms with Crippen molar-refractivity contribution < 1.29 is 19.4 Å². The van der Waals surface area contributed by atoms with Crippen molar-refractivity contribution in [3.8, 4) is 0 Å². The highest BCUT2D eigenvalue weighted by Gasteiger charge is 2.20. The molecule has 1 atom stereocenters. The molecule has 0 radical (unpaired) electrons. The lowest BCUT2D eigenvalue weighted by Crippen LogP contribution is -2.31. The molecule has 0 aliphatic carbocycles. The zero-order valence-corrected chi connectivity index (χ0v) is 13.4. The molecule has 0 saturated carbocycles. The maximum atomic E-state index is 11.9. The molecule has 1 saturated heterocycles. The molecule has 0 spiro atoms. The lowest BCUT2D eigenvalue weighted by atomic mass is 9.94. The van der Waals surface area contributed by atoms with E-state index in [1.165, 1.54) is 0 Å². The van der Waals surface area contributed by atoms with Gasteiger partial charge in [0, 0.05) is 26.2 Å². The van der Waals surface area contributed by atoms with Gasteiger partial charge in [-0.05, 0) is 37.2 Å². The van der Waals surface area contributed by atoms with Crippen molar-refractivity contribution in [3.05, 3.63) is 35.9 Å². The second-order valence-corrected chi connectivity index (χ2v) is 6.05. The van der Waals surface area contributed by atoms with Crippen LogP contribution in [0.25, 0.3) is 0 Å². The molecule has 1 aromatic carbocycles. The summed E-state index contributed by atoms with van der Waals surface area (Å²) in [6.07, 6.45) is 4.50. The SMILES string of the molecule is O=C(CCCC1CCOCC1)NCC(C(=O)O)c1ccccc1. The number of carboxylic acids is 1. The number of ether oxygens (including phenoxy) is 1. The van der Waals surface area contributed by atoms with Gasteiger partial charge < -0.3 is 15.2 Å². The summed E-state index contributed by atoms with van der Waals surface area (Å²) in [4.78, 5) is 23.3. The summed E-state index contributed by atoms with van der Waals surface area (Å²) < 4.78 is 5.32. The Morgan fingerprint density at radius 1 is 1.22 bits per heavy atom. The molecule has 1 unspecified atom stereocenters. The Hall–Kier alpha value is -1.88. The van der Waals surface area contributed by atoms with Gasteiger partial charge in [-0.1, -0.05) is 30.3 Å². The van der Waals surface area contributed by atoms with Gasteiger partial charge in [-0.2, -0.15) is 0 Å². The van der Waals surface area contributed by atoms with Gasteiger partial charge in [0.2, 0.25) is 5.91 Å². The average Bonchev–Trinajstić information content (AvgIpc) is 2.57. The Kier molecular flexibility index (Phi) is 7.07.